The number of ether oxygens (including phenoxy) is 2. The van der Waals surface area contributed by atoms with Crippen molar-refractivity contribution < 1.29 is 42.0 Å². The molecular weight excluding hydrogens is 463 g/mol. The van der Waals surface area contributed by atoms with Crippen LogP contribution in [-0.4, -0.2) is 46.9 Å². The van der Waals surface area contributed by atoms with Gasteiger partial charge in [0.25, 0.3) is 5.69 Å². The van der Waals surface area contributed by atoms with E-state index in [1.54, 1.807) is 13.8 Å². The van der Waals surface area contributed by atoms with Crippen molar-refractivity contribution in [2.45, 2.75) is 39.9 Å². The Hall–Kier alpha value is -3.90. The summed E-state index contributed by atoms with van der Waals surface area (Å²) in [5.41, 5.74) is -1.46. The zero-order valence-electron chi connectivity index (χ0n) is 18.7. The number of carbonyl (C=O) groups excluding carboxylic acids is 3. The van der Waals surface area contributed by atoms with Crippen molar-refractivity contribution in [1.29, 1.82) is 0 Å². The number of benzene rings is 1. The predicted molar refractivity (Wildman–Crippen MR) is 113 cm³/mol. The van der Waals surface area contributed by atoms with Crippen LogP contribution in [0.15, 0.2) is 18.2 Å². The molecule has 2 rings (SSSR count). The number of halogens is 3. The summed E-state index contributed by atoms with van der Waals surface area (Å²) in [4.78, 5) is 49.7. The molecule has 13 heteroatoms. The largest absolute Gasteiger partial charge is 0.462 e. The summed E-state index contributed by atoms with van der Waals surface area (Å²) >= 11 is 0. The quantitative estimate of drug-likeness (QED) is 0.235. The lowest BCUT2D eigenvalue weighted by Gasteiger charge is -2.15. The summed E-state index contributed by atoms with van der Waals surface area (Å²) in [6.07, 6.45) is -4.78. The molecular formula is C21H22F3N3O7. The Balaban J connectivity index is 2.09. The lowest BCUT2D eigenvalue weighted by atomic mass is 10.1. The van der Waals surface area contributed by atoms with E-state index in [-0.39, 0.29) is 23.6 Å². The zero-order chi connectivity index (χ0) is 25.8. The number of nitro groups is 1. The molecule has 1 aromatic heterocycles. The average molecular weight is 485 g/mol. The van der Waals surface area contributed by atoms with E-state index in [1.165, 1.54) is 13.8 Å². The SMILES string of the molecule is CCOC(=O)c1c(C)[nH]c(C(=O)COC(=O)C(C)Nc2ccc(C(F)(F)F)cc2[N+](=O)[O-])c1C. The molecule has 34 heavy (non-hydrogen) atoms. The van der Waals surface area contributed by atoms with E-state index < -0.39 is 52.7 Å². The number of nitrogens with zero attached hydrogens (tertiary/aromatic N) is 1. The van der Waals surface area contributed by atoms with Crippen molar-refractivity contribution in [2.24, 2.45) is 0 Å². The molecule has 1 aromatic carbocycles. The number of esters is 2. The van der Waals surface area contributed by atoms with E-state index in [1.807, 2.05) is 0 Å². The van der Waals surface area contributed by atoms with Crippen LogP contribution >= 0.6 is 0 Å². The Kier molecular flexibility index (Phi) is 8.03. The van der Waals surface area contributed by atoms with Crippen molar-refractivity contribution in [3.63, 3.8) is 0 Å². The number of ketones is 1. The van der Waals surface area contributed by atoms with E-state index in [4.69, 9.17) is 9.47 Å². The number of rotatable bonds is 9. The Morgan fingerprint density at radius 1 is 1.21 bits per heavy atom. The highest BCUT2D eigenvalue weighted by molar-refractivity contribution is 6.02. The number of carbonyl (C=O) groups is 3. The Bertz CT molecular complexity index is 1130. The highest BCUT2D eigenvalue weighted by atomic mass is 19.4. The predicted octanol–water partition coefficient (Wildman–Crippen LogP) is 3.96. The molecule has 1 unspecified atom stereocenters. The van der Waals surface area contributed by atoms with Gasteiger partial charge in [-0.1, -0.05) is 0 Å². The number of hydrogen-bond donors (Lipinski definition) is 2. The van der Waals surface area contributed by atoms with E-state index >= 15 is 0 Å². The number of Topliss-reactive ketones (excluding diaryl/α,β-unsaturated/α-hetero) is 1. The van der Waals surface area contributed by atoms with Gasteiger partial charge in [0.05, 0.1) is 28.4 Å². The number of aromatic nitrogens is 1. The van der Waals surface area contributed by atoms with Crippen LogP contribution in [0.4, 0.5) is 24.5 Å². The fourth-order valence-corrected chi connectivity index (χ4v) is 3.15. The Labute approximate surface area is 191 Å². The number of H-pyrrole nitrogens is 1. The fraction of sp³-hybridized carbons (Fsp3) is 0.381. The molecule has 184 valence electrons. The van der Waals surface area contributed by atoms with Gasteiger partial charge >= 0.3 is 18.1 Å². The van der Waals surface area contributed by atoms with E-state index in [9.17, 15) is 37.7 Å². The van der Waals surface area contributed by atoms with Crippen LogP contribution in [-0.2, 0) is 20.4 Å². The molecule has 1 heterocycles. The molecule has 0 radical (unpaired) electrons. The summed E-state index contributed by atoms with van der Waals surface area (Å²) in [6.45, 7) is 5.44. The average Bonchev–Trinajstić information content (AvgIpc) is 3.05. The second-order valence-electron chi connectivity index (χ2n) is 7.23. The van der Waals surface area contributed by atoms with Gasteiger partial charge in [-0.15, -0.1) is 0 Å². The van der Waals surface area contributed by atoms with E-state index in [0.717, 1.165) is 6.07 Å². The Morgan fingerprint density at radius 2 is 1.85 bits per heavy atom. The van der Waals surface area contributed by atoms with Crippen LogP contribution in [0, 0.1) is 24.0 Å². The van der Waals surface area contributed by atoms with Crippen LogP contribution in [0.2, 0.25) is 0 Å². The van der Waals surface area contributed by atoms with Crippen LogP contribution in [0.3, 0.4) is 0 Å². The van der Waals surface area contributed by atoms with Crippen molar-refractivity contribution in [2.75, 3.05) is 18.5 Å². The normalized spacial score (nSPS) is 12.1. The first kappa shape index (κ1) is 26.4. The van der Waals surface area contributed by atoms with Crippen molar-refractivity contribution >= 4 is 29.1 Å². The van der Waals surface area contributed by atoms with Gasteiger partial charge in [-0.2, -0.15) is 13.2 Å². The van der Waals surface area contributed by atoms with Crippen LogP contribution in [0.25, 0.3) is 0 Å². The van der Waals surface area contributed by atoms with Gasteiger partial charge < -0.3 is 19.8 Å². The summed E-state index contributed by atoms with van der Waals surface area (Å²) in [5, 5.41) is 13.6. The highest BCUT2D eigenvalue weighted by Gasteiger charge is 2.33. The molecule has 0 aliphatic rings. The topological polar surface area (TPSA) is 141 Å². The number of anilines is 1. The third kappa shape index (κ3) is 5.91. The van der Waals surface area contributed by atoms with Crippen LogP contribution in [0.5, 0.6) is 0 Å². The molecule has 2 N–H and O–H groups in total. The molecule has 0 bridgehead atoms. The summed E-state index contributed by atoms with van der Waals surface area (Å²) in [5.74, 6) is -2.23. The molecule has 0 fully saturated rings. The number of aromatic amines is 1. The van der Waals surface area contributed by atoms with Gasteiger partial charge in [-0.05, 0) is 45.4 Å². The summed E-state index contributed by atoms with van der Waals surface area (Å²) in [6, 6.07) is 0.581. The maximum absolute atomic E-state index is 12.8. The minimum absolute atomic E-state index is 0.0485. The first-order valence-electron chi connectivity index (χ1n) is 9.96. The molecule has 0 saturated carbocycles. The minimum Gasteiger partial charge on any atom is -0.462 e. The van der Waals surface area contributed by atoms with Crippen LogP contribution < -0.4 is 5.32 Å². The molecule has 1 atom stereocenters. The fourth-order valence-electron chi connectivity index (χ4n) is 3.15. The lowest BCUT2D eigenvalue weighted by Crippen LogP contribution is -2.30. The lowest BCUT2D eigenvalue weighted by molar-refractivity contribution is -0.384. The molecule has 0 amide bonds. The maximum Gasteiger partial charge on any atom is 0.416 e. The number of nitrogens with one attached hydrogen (secondary N) is 2. The second-order valence-corrected chi connectivity index (χ2v) is 7.23. The minimum atomic E-state index is -4.78. The number of aryl methyl sites for hydroxylation is 1. The second kappa shape index (κ2) is 10.4. The number of nitro benzene ring substituents is 1. The molecule has 0 saturated heterocycles. The first-order valence-corrected chi connectivity index (χ1v) is 9.96. The van der Waals surface area contributed by atoms with Gasteiger partial charge in [-0.25, -0.2) is 9.59 Å². The smallest absolute Gasteiger partial charge is 0.416 e. The molecule has 0 spiro atoms. The zero-order valence-corrected chi connectivity index (χ0v) is 18.7. The monoisotopic (exact) mass is 485 g/mol. The van der Waals surface area contributed by atoms with Crippen molar-refractivity contribution in [3.8, 4) is 0 Å². The molecule has 0 aliphatic heterocycles. The van der Waals surface area contributed by atoms with E-state index in [0.29, 0.717) is 23.4 Å². The summed E-state index contributed by atoms with van der Waals surface area (Å²) < 4.78 is 48.4. The first-order chi connectivity index (χ1) is 15.8. The van der Waals surface area contributed by atoms with Gasteiger partial charge in [0.2, 0.25) is 5.78 Å². The van der Waals surface area contributed by atoms with Gasteiger partial charge in [0.1, 0.15) is 11.7 Å². The summed E-state index contributed by atoms with van der Waals surface area (Å²) in [7, 11) is 0. The van der Waals surface area contributed by atoms with Crippen molar-refractivity contribution in [1.82, 2.24) is 4.98 Å². The highest BCUT2D eigenvalue weighted by Crippen LogP contribution is 2.35. The Morgan fingerprint density at radius 3 is 2.41 bits per heavy atom. The van der Waals surface area contributed by atoms with Crippen molar-refractivity contribution in [3.05, 3.63) is 56.4 Å². The van der Waals surface area contributed by atoms with Crippen LogP contribution in [0.1, 0.15) is 51.5 Å². The van der Waals surface area contributed by atoms with Gasteiger partial charge in [0.15, 0.2) is 6.61 Å². The van der Waals surface area contributed by atoms with E-state index in [2.05, 4.69) is 10.3 Å². The number of alkyl halides is 3. The maximum atomic E-state index is 12.8. The third-order valence-corrected chi connectivity index (χ3v) is 4.79. The molecule has 2 aromatic rings. The van der Waals surface area contributed by atoms with Gasteiger partial charge in [0, 0.05) is 11.8 Å². The number of hydrogen-bond acceptors (Lipinski definition) is 8. The van der Waals surface area contributed by atoms with Gasteiger partial charge in [-0.3, -0.25) is 14.9 Å². The molecule has 10 nitrogen and oxygen atoms in total. The molecule has 0 aliphatic carbocycles. The third-order valence-electron chi connectivity index (χ3n) is 4.79. The standard InChI is InChI=1S/C21H22F3N3O7/c1-5-33-20(30)17-10(2)18(26-11(17)3)16(28)9-34-19(29)12(4)25-14-7-6-13(21(22,23)24)8-15(14)27(31)32/h6-8,12,25-26H,5,9H2,1-4H3.